The van der Waals surface area contributed by atoms with Crippen molar-refractivity contribution in [2.75, 3.05) is 13.1 Å². The quantitative estimate of drug-likeness (QED) is 0.163. The average Bonchev–Trinajstić information content (AvgIpc) is 2.70. The maximum absolute atomic E-state index is 13.7. The summed E-state index contributed by atoms with van der Waals surface area (Å²) in [7, 11) is 0. The molecule has 1 atom stereocenters. The molecule has 0 amide bonds. The molecule has 178 valence electrons. The Bertz CT molecular complexity index is 1010. The number of halogens is 6. The molecule has 2 aromatic rings. The van der Waals surface area contributed by atoms with Gasteiger partial charge in [-0.3, -0.25) is 4.79 Å². The highest BCUT2D eigenvalue weighted by Crippen LogP contribution is 2.38. The van der Waals surface area contributed by atoms with Crippen molar-refractivity contribution in [3.05, 3.63) is 72.6 Å². The number of carbonyl (C=O) groups excluding carboxylic acids is 1. The van der Waals surface area contributed by atoms with E-state index in [1.807, 2.05) is 6.92 Å². The summed E-state index contributed by atoms with van der Waals surface area (Å²) in [6.45, 7) is 3.24. The topological polar surface area (TPSA) is 41.1 Å². The summed E-state index contributed by atoms with van der Waals surface area (Å²) < 4.78 is 42.8. The minimum Gasteiger partial charge on any atom is -0.363 e. The SMILES string of the molecule is CCNC(=S)NCCCC(=O)c1ccc(/C=C/C(c2cc(Br)cc(Br)c2)C(F)(F)F)cc1Br. The molecule has 1 unspecified atom stereocenters. The van der Waals surface area contributed by atoms with Gasteiger partial charge >= 0.3 is 6.18 Å². The first-order chi connectivity index (χ1) is 15.5. The number of nitrogens with one attached hydrogen (secondary N) is 2. The van der Waals surface area contributed by atoms with Crippen LogP contribution in [0.2, 0.25) is 0 Å². The Morgan fingerprint density at radius 1 is 1.09 bits per heavy atom. The third-order valence-electron chi connectivity index (χ3n) is 4.57. The summed E-state index contributed by atoms with van der Waals surface area (Å²) in [5.74, 6) is -1.83. The fraction of sp³-hybridized carbons (Fsp3) is 0.304. The Morgan fingerprint density at radius 2 is 1.76 bits per heavy atom. The molecule has 0 saturated carbocycles. The summed E-state index contributed by atoms with van der Waals surface area (Å²) in [5.41, 5.74) is 1.16. The second kappa shape index (κ2) is 13.0. The Labute approximate surface area is 222 Å². The van der Waals surface area contributed by atoms with Crippen LogP contribution in [0.5, 0.6) is 0 Å². The normalized spacial score (nSPS) is 12.6. The van der Waals surface area contributed by atoms with Crippen molar-refractivity contribution >= 4 is 77.0 Å². The highest BCUT2D eigenvalue weighted by atomic mass is 79.9. The van der Waals surface area contributed by atoms with E-state index in [1.165, 1.54) is 18.2 Å². The van der Waals surface area contributed by atoms with Crippen LogP contribution in [0.15, 0.2) is 55.9 Å². The number of alkyl halides is 3. The van der Waals surface area contributed by atoms with Crippen molar-refractivity contribution < 1.29 is 18.0 Å². The second-order valence-corrected chi connectivity index (χ2v) is 10.2. The van der Waals surface area contributed by atoms with Crippen LogP contribution >= 0.6 is 60.0 Å². The van der Waals surface area contributed by atoms with Gasteiger partial charge in [0.25, 0.3) is 0 Å². The molecular weight excluding hydrogens is 649 g/mol. The van der Waals surface area contributed by atoms with Crippen LogP contribution in [-0.4, -0.2) is 30.2 Å². The summed E-state index contributed by atoms with van der Waals surface area (Å²) in [6.07, 6.45) is -0.988. The van der Waals surface area contributed by atoms with Gasteiger partial charge in [-0.15, -0.1) is 0 Å². The molecule has 0 radical (unpaired) electrons. The summed E-state index contributed by atoms with van der Waals surface area (Å²) in [5, 5.41) is 6.55. The molecule has 0 heterocycles. The number of carbonyl (C=O) groups is 1. The number of benzene rings is 2. The van der Waals surface area contributed by atoms with E-state index in [2.05, 4.69) is 58.4 Å². The first-order valence-corrected chi connectivity index (χ1v) is 12.8. The lowest BCUT2D eigenvalue weighted by molar-refractivity contribution is -0.139. The van der Waals surface area contributed by atoms with Gasteiger partial charge in [0.05, 0.1) is 5.92 Å². The molecule has 0 spiro atoms. The highest BCUT2D eigenvalue weighted by molar-refractivity contribution is 9.11. The Kier molecular flexibility index (Phi) is 11.0. The van der Waals surface area contributed by atoms with Gasteiger partial charge in [-0.05, 0) is 67.0 Å². The molecule has 3 nitrogen and oxygen atoms in total. The zero-order chi connectivity index (χ0) is 24.6. The number of hydrogen-bond acceptors (Lipinski definition) is 2. The van der Waals surface area contributed by atoms with Gasteiger partial charge in [0.2, 0.25) is 0 Å². The second-order valence-electron chi connectivity index (χ2n) is 7.13. The average molecular weight is 671 g/mol. The van der Waals surface area contributed by atoms with Crippen molar-refractivity contribution in [3.63, 3.8) is 0 Å². The van der Waals surface area contributed by atoms with E-state index < -0.39 is 12.1 Å². The maximum Gasteiger partial charge on any atom is 0.399 e. The van der Waals surface area contributed by atoms with Crippen LogP contribution in [0.4, 0.5) is 13.2 Å². The lowest BCUT2D eigenvalue weighted by Gasteiger charge is -2.18. The standard InChI is InChI=1S/C23H22Br3F3N2OS/c1-2-30-22(33)31-9-3-4-21(32)18-7-5-14(10-20(18)26)6-8-19(23(27,28)29)15-11-16(24)13-17(25)12-15/h5-8,10-13,19H,2-4,9H2,1H3,(H2,30,31,33)/b8-6+. The zero-order valence-electron chi connectivity index (χ0n) is 17.6. The highest BCUT2D eigenvalue weighted by Gasteiger charge is 2.39. The van der Waals surface area contributed by atoms with Crippen molar-refractivity contribution in [1.82, 2.24) is 10.6 Å². The molecule has 0 aliphatic heterocycles. The molecule has 10 heteroatoms. The Hall–Kier alpha value is -1.23. The van der Waals surface area contributed by atoms with E-state index in [4.69, 9.17) is 12.2 Å². The molecule has 0 bridgehead atoms. The molecular formula is C23H22Br3F3N2OS. The molecule has 33 heavy (non-hydrogen) atoms. The van der Waals surface area contributed by atoms with Gasteiger partial charge in [0.15, 0.2) is 10.9 Å². The van der Waals surface area contributed by atoms with E-state index in [0.29, 0.717) is 49.0 Å². The first-order valence-electron chi connectivity index (χ1n) is 10.1. The van der Waals surface area contributed by atoms with Gasteiger partial charge in [0.1, 0.15) is 0 Å². The number of rotatable bonds is 9. The van der Waals surface area contributed by atoms with Crippen molar-refractivity contribution in [2.45, 2.75) is 31.9 Å². The molecule has 0 aromatic heterocycles. The van der Waals surface area contributed by atoms with E-state index >= 15 is 0 Å². The van der Waals surface area contributed by atoms with Gasteiger partial charge in [-0.1, -0.05) is 66.0 Å². The lowest BCUT2D eigenvalue weighted by atomic mass is 9.97. The van der Waals surface area contributed by atoms with Crippen LogP contribution in [0.25, 0.3) is 6.08 Å². The van der Waals surface area contributed by atoms with Gasteiger partial charge in [-0.25, -0.2) is 0 Å². The Morgan fingerprint density at radius 3 is 2.33 bits per heavy atom. The summed E-state index contributed by atoms with van der Waals surface area (Å²) >= 11 is 14.9. The number of ketones is 1. The minimum atomic E-state index is -4.45. The lowest BCUT2D eigenvalue weighted by Crippen LogP contribution is -2.35. The molecule has 2 rings (SSSR count). The number of allylic oxidation sites excluding steroid dienone is 1. The molecule has 0 saturated heterocycles. The van der Waals surface area contributed by atoms with Crippen LogP contribution in [0.3, 0.4) is 0 Å². The summed E-state index contributed by atoms with van der Waals surface area (Å²) in [4.78, 5) is 12.5. The van der Waals surface area contributed by atoms with Crippen LogP contribution in [0, 0.1) is 0 Å². The predicted octanol–water partition coefficient (Wildman–Crippen LogP) is 7.78. The minimum absolute atomic E-state index is 0.0549. The van der Waals surface area contributed by atoms with E-state index in [1.54, 1.807) is 24.3 Å². The first kappa shape index (κ1) is 28.0. The third kappa shape index (κ3) is 9.15. The number of thiocarbonyl (C=S) groups is 1. The van der Waals surface area contributed by atoms with Gasteiger partial charge < -0.3 is 10.6 Å². The van der Waals surface area contributed by atoms with Crippen molar-refractivity contribution in [2.24, 2.45) is 0 Å². The van der Waals surface area contributed by atoms with E-state index in [9.17, 15) is 18.0 Å². The number of Topliss-reactive ketones (excluding diaryl/α,β-unsaturated/α-hetero) is 1. The largest absolute Gasteiger partial charge is 0.399 e. The molecule has 0 aliphatic rings. The van der Waals surface area contributed by atoms with Crippen LogP contribution < -0.4 is 10.6 Å². The summed E-state index contributed by atoms with van der Waals surface area (Å²) in [6, 6.07) is 9.49. The Balaban J connectivity index is 2.09. The molecule has 0 aliphatic carbocycles. The third-order valence-corrected chi connectivity index (χ3v) is 6.44. The van der Waals surface area contributed by atoms with Crippen LogP contribution in [-0.2, 0) is 0 Å². The number of hydrogen-bond donors (Lipinski definition) is 2. The fourth-order valence-corrected chi connectivity index (χ4v) is 5.23. The van der Waals surface area contributed by atoms with E-state index in [-0.39, 0.29) is 11.3 Å². The van der Waals surface area contributed by atoms with Crippen molar-refractivity contribution in [1.29, 1.82) is 0 Å². The fourth-order valence-electron chi connectivity index (χ4n) is 3.04. The molecule has 0 fully saturated rings. The maximum atomic E-state index is 13.7. The van der Waals surface area contributed by atoms with E-state index in [0.717, 1.165) is 12.6 Å². The van der Waals surface area contributed by atoms with Crippen LogP contribution in [0.1, 0.15) is 47.2 Å². The van der Waals surface area contributed by atoms with Crippen molar-refractivity contribution in [3.8, 4) is 0 Å². The van der Waals surface area contributed by atoms with Gasteiger partial charge in [-0.2, -0.15) is 13.2 Å². The molecule has 2 N–H and O–H groups in total. The smallest absolute Gasteiger partial charge is 0.363 e. The zero-order valence-corrected chi connectivity index (χ0v) is 23.2. The predicted molar refractivity (Wildman–Crippen MR) is 142 cm³/mol. The van der Waals surface area contributed by atoms with Gasteiger partial charge in [0, 0.05) is 38.5 Å². The molecule has 2 aromatic carbocycles. The monoisotopic (exact) mass is 668 g/mol.